The first-order chi connectivity index (χ1) is 7.04. The number of ether oxygens (including phenoxy) is 1. The maximum Gasteiger partial charge on any atom is 0.289 e. The summed E-state index contributed by atoms with van der Waals surface area (Å²) >= 11 is 6.29. The van der Waals surface area contributed by atoms with Crippen LogP contribution in [0.3, 0.4) is 0 Å². The number of halogens is 2. The van der Waals surface area contributed by atoms with Crippen LogP contribution in [0.2, 0.25) is 0 Å². The lowest BCUT2D eigenvalue weighted by molar-refractivity contribution is 0.233. The minimum absolute atomic E-state index is 0.130. The summed E-state index contributed by atoms with van der Waals surface area (Å²) in [6, 6.07) is 5.73. The van der Waals surface area contributed by atoms with Gasteiger partial charge >= 0.3 is 0 Å². The second kappa shape index (κ2) is 5.51. The smallest absolute Gasteiger partial charge is 0.289 e. The number of nitrogens with zero attached hydrogens (tertiary/aromatic N) is 1. The van der Waals surface area contributed by atoms with E-state index >= 15 is 0 Å². The van der Waals surface area contributed by atoms with Gasteiger partial charge in [-0.3, -0.25) is 4.79 Å². The van der Waals surface area contributed by atoms with Gasteiger partial charge in [-0.05, 0) is 33.6 Å². The fourth-order valence-electron chi connectivity index (χ4n) is 1.14. The highest BCUT2D eigenvalue weighted by Gasteiger charge is 2.06. The van der Waals surface area contributed by atoms with Crippen LogP contribution in [0.4, 0.5) is 4.79 Å². The zero-order valence-corrected chi connectivity index (χ0v) is 11.6. The van der Waals surface area contributed by atoms with Gasteiger partial charge in [-0.2, -0.15) is 0 Å². The monoisotopic (exact) mass is 335 g/mol. The predicted octanol–water partition coefficient (Wildman–Crippen LogP) is 3.40. The summed E-state index contributed by atoms with van der Waals surface area (Å²) < 4.78 is 6.00. The van der Waals surface area contributed by atoms with Crippen LogP contribution in [0.1, 0.15) is 5.56 Å². The van der Waals surface area contributed by atoms with Crippen molar-refractivity contribution in [1.82, 2.24) is 4.90 Å². The van der Waals surface area contributed by atoms with E-state index in [-0.39, 0.29) is 4.82 Å². The van der Waals surface area contributed by atoms with Gasteiger partial charge < -0.3 is 9.64 Å². The molecule has 1 aromatic carbocycles. The number of carbonyl (C=O) groups excluding carboxylic acids is 1. The molecule has 0 radical (unpaired) electrons. The molecule has 1 rings (SSSR count). The second-order valence-electron chi connectivity index (χ2n) is 3.08. The van der Waals surface area contributed by atoms with Gasteiger partial charge in [-0.15, -0.1) is 0 Å². The highest BCUT2D eigenvalue weighted by molar-refractivity contribution is 9.18. The standard InChI is InChI=1S/C10H11Br2NO2/c1-13(10(12)14)6-7-3-4-9(15-2)8(11)5-7/h3-5H,6H2,1-2H3. The van der Waals surface area contributed by atoms with Crippen molar-refractivity contribution < 1.29 is 9.53 Å². The third-order valence-electron chi connectivity index (χ3n) is 1.94. The Bertz CT molecular complexity index is 368. The number of hydrogen-bond donors (Lipinski definition) is 0. The maximum absolute atomic E-state index is 11.0. The summed E-state index contributed by atoms with van der Waals surface area (Å²) in [7, 11) is 3.35. The van der Waals surface area contributed by atoms with Gasteiger partial charge in [0.05, 0.1) is 11.6 Å². The SMILES string of the molecule is COc1ccc(CN(C)C(=O)Br)cc1Br. The molecular formula is C10H11Br2NO2. The lowest BCUT2D eigenvalue weighted by atomic mass is 10.2. The van der Waals surface area contributed by atoms with Crippen LogP contribution < -0.4 is 4.74 Å². The Kier molecular flexibility index (Phi) is 4.60. The van der Waals surface area contributed by atoms with Crippen LogP contribution in [-0.4, -0.2) is 23.9 Å². The van der Waals surface area contributed by atoms with E-state index in [1.54, 1.807) is 19.1 Å². The first kappa shape index (κ1) is 12.5. The lowest BCUT2D eigenvalue weighted by Crippen LogP contribution is -2.19. The van der Waals surface area contributed by atoms with Gasteiger partial charge in [0.25, 0.3) is 4.82 Å². The van der Waals surface area contributed by atoms with Gasteiger partial charge in [0, 0.05) is 29.5 Å². The Balaban J connectivity index is 2.79. The van der Waals surface area contributed by atoms with Crippen LogP contribution in [0, 0.1) is 0 Å². The van der Waals surface area contributed by atoms with E-state index in [9.17, 15) is 4.79 Å². The highest BCUT2D eigenvalue weighted by Crippen LogP contribution is 2.26. The van der Waals surface area contributed by atoms with Crippen molar-refractivity contribution in [3.63, 3.8) is 0 Å². The molecule has 0 unspecified atom stereocenters. The number of methoxy groups -OCH3 is 1. The molecule has 0 aromatic heterocycles. The third kappa shape index (κ3) is 3.50. The van der Waals surface area contributed by atoms with Gasteiger partial charge in [0.2, 0.25) is 0 Å². The minimum atomic E-state index is -0.130. The van der Waals surface area contributed by atoms with E-state index in [1.807, 2.05) is 18.2 Å². The van der Waals surface area contributed by atoms with E-state index in [4.69, 9.17) is 4.74 Å². The van der Waals surface area contributed by atoms with Crippen molar-refractivity contribution in [2.45, 2.75) is 6.54 Å². The normalized spacial score (nSPS) is 9.87. The molecule has 1 aromatic rings. The van der Waals surface area contributed by atoms with Gasteiger partial charge in [-0.1, -0.05) is 6.07 Å². The van der Waals surface area contributed by atoms with Crippen LogP contribution >= 0.6 is 31.9 Å². The summed E-state index contributed by atoms with van der Waals surface area (Å²) in [5.74, 6) is 0.784. The zero-order valence-electron chi connectivity index (χ0n) is 8.46. The first-order valence-electron chi connectivity index (χ1n) is 4.27. The number of benzene rings is 1. The molecule has 0 heterocycles. The molecule has 1 amide bonds. The second-order valence-corrected chi connectivity index (χ2v) is 4.61. The highest BCUT2D eigenvalue weighted by atomic mass is 79.9. The van der Waals surface area contributed by atoms with E-state index in [0.717, 1.165) is 15.8 Å². The number of carbonyl (C=O) groups is 1. The average Bonchev–Trinajstić information content (AvgIpc) is 2.18. The zero-order chi connectivity index (χ0) is 11.4. The largest absolute Gasteiger partial charge is 0.496 e. The van der Waals surface area contributed by atoms with Crippen molar-refractivity contribution in [3.8, 4) is 5.75 Å². The molecule has 3 nitrogen and oxygen atoms in total. The molecule has 0 spiro atoms. The van der Waals surface area contributed by atoms with Crippen molar-refractivity contribution in [2.75, 3.05) is 14.2 Å². The summed E-state index contributed by atoms with van der Waals surface area (Å²) in [6.07, 6.45) is 0. The molecule has 82 valence electrons. The molecule has 0 atom stereocenters. The number of amides is 1. The minimum Gasteiger partial charge on any atom is -0.496 e. The van der Waals surface area contributed by atoms with Gasteiger partial charge in [-0.25, -0.2) is 0 Å². The fraction of sp³-hybridized carbons (Fsp3) is 0.300. The third-order valence-corrected chi connectivity index (χ3v) is 3.16. The molecular weight excluding hydrogens is 326 g/mol. The molecule has 0 aliphatic rings. The summed E-state index contributed by atoms with van der Waals surface area (Å²) in [4.78, 5) is 12.4. The van der Waals surface area contributed by atoms with Crippen molar-refractivity contribution >= 4 is 36.7 Å². The molecule has 5 heteroatoms. The van der Waals surface area contributed by atoms with Crippen LogP contribution in [-0.2, 0) is 6.54 Å². The Hall–Kier alpha value is -0.550. The first-order valence-corrected chi connectivity index (χ1v) is 5.86. The van der Waals surface area contributed by atoms with Crippen molar-refractivity contribution in [3.05, 3.63) is 28.2 Å². The molecule has 0 aliphatic heterocycles. The Morgan fingerprint density at radius 3 is 2.67 bits per heavy atom. The van der Waals surface area contributed by atoms with Gasteiger partial charge in [0.15, 0.2) is 0 Å². The van der Waals surface area contributed by atoms with Gasteiger partial charge in [0.1, 0.15) is 5.75 Å². The lowest BCUT2D eigenvalue weighted by Gasteiger charge is -2.14. The summed E-state index contributed by atoms with van der Waals surface area (Å²) in [5.41, 5.74) is 1.04. The van der Waals surface area contributed by atoms with E-state index in [2.05, 4.69) is 31.9 Å². The van der Waals surface area contributed by atoms with E-state index in [0.29, 0.717) is 6.54 Å². The topological polar surface area (TPSA) is 29.5 Å². The molecule has 0 bridgehead atoms. The molecule has 0 saturated carbocycles. The molecule has 0 fully saturated rings. The molecule has 15 heavy (non-hydrogen) atoms. The quantitative estimate of drug-likeness (QED) is 0.625. The van der Waals surface area contributed by atoms with E-state index in [1.165, 1.54) is 0 Å². The van der Waals surface area contributed by atoms with E-state index < -0.39 is 0 Å². The van der Waals surface area contributed by atoms with Crippen LogP contribution in [0.5, 0.6) is 5.75 Å². The Morgan fingerprint density at radius 2 is 2.20 bits per heavy atom. The molecule has 0 aliphatic carbocycles. The summed E-state index contributed by atoms with van der Waals surface area (Å²) in [5, 5.41) is 0. The van der Waals surface area contributed by atoms with Crippen LogP contribution in [0.15, 0.2) is 22.7 Å². The Morgan fingerprint density at radius 1 is 1.53 bits per heavy atom. The molecule has 0 saturated heterocycles. The summed E-state index contributed by atoms with van der Waals surface area (Å²) in [6.45, 7) is 0.562. The molecule has 0 N–H and O–H groups in total. The Labute approximate surface area is 106 Å². The van der Waals surface area contributed by atoms with Crippen LogP contribution in [0.25, 0.3) is 0 Å². The maximum atomic E-state index is 11.0. The average molecular weight is 337 g/mol. The predicted molar refractivity (Wildman–Crippen MR) is 66.5 cm³/mol. The number of hydrogen-bond acceptors (Lipinski definition) is 2. The van der Waals surface area contributed by atoms with Crippen molar-refractivity contribution in [1.29, 1.82) is 0 Å². The number of rotatable bonds is 3. The fourth-order valence-corrected chi connectivity index (χ4v) is 1.86. The van der Waals surface area contributed by atoms with Crippen molar-refractivity contribution in [2.24, 2.45) is 0 Å².